The molecular weight excluding hydrogens is 429 g/mol. The Morgan fingerprint density at radius 3 is 2.29 bits per heavy atom. The summed E-state index contributed by atoms with van der Waals surface area (Å²) in [6, 6.07) is 26.3. The molecule has 0 aliphatic rings. The van der Waals surface area contributed by atoms with Crippen LogP contribution in [-0.2, 0) is 13.1 Å². The summed E-state index contributed by atoms with van der Waals surface area (Å²) in [5, 5.41) is 2.96. The van der Waals surface area contributed by atoms with Crippen molar-refractivity contribution in [3.8, 4) is 0 Å². The monoisotopic (exact) mass is 457 g/mol. The molecule has 0 saturated heterocycles. The zero-order chi connectivity index (χ0) is 23.9. The number of carbonyl (C=O) groups is 1. The summed E-state index contributed by atoms with van der Waals surface area (Å²) in [6.07, 6.45) is 1.38. The highest BCUT2D eigenvalue weighted by molar-refractivity contribution is 5.92. The molecule has 0 fully saturated rings. The maximum Gasteiger partial charge on any atom is 0.273 e. The molecule has 0 bridgehead atoms. The third kappa shape index (κ3) is 5.97. The van der Waals surface area contributed by atoms with E-state index in [1.165, 1.54) is 18.4 Å². The van der Waals surface area contributed by atoms with Gasteiger partial charge in [0.2, 0.25) is 5.89 Å². The van der Waals surface area contributed by atoms with Crippen molar-refractivity contribution in [3.63, 3.8) is 0 Å². The van der Waals surface area contributed by atoms with Crippen LogP contribution in [0, 0.1) is 5.82 Å². The van der Waals surface area contributed by atoms with Crippen molar-refractivity contribution in [3.05, 3.63) is 125 Å². The molecule has 5 nitrogen and oxygen atoms in total. The number of carbonyl (C=O) groups excluding carboxylic acids is 1. The molecule has 1 amide bonds. The molecule has 0 saturated carbocycles. The summed E-state index contributed by atoms with van der Waals surface area (Å²) in [7, 11) is 0. The number of amides is 1. The Kier molecular flexibility index (Phi) is 7.50. The molecule has 1 N–H and O–H groups in total. The standard InChI is InChI=1S/C28H28FN3O2/c1-20(23-11-5-3-6-12-23)30-28(33)26-19-34-27(31-26)18-32(17-22-10-9-15-25(29)16-22)21(2)24-13-7-4-8-14-24/h3-16,19-21H,17-18H2,1-2H3,(H,30,33)/t20-,21-/m1/s1. The fraction of sp³-hybridized carbons (Fsp3) is 0.214. The van der Waals surface area contributed by atoms with Crippen molar-refractivity contribution >= 4 is 5.91 Å². The second-order valence-corrected chi connectivity index (χ2v) is 8.35. The molecule has 0 spiro atoms. The van der Waals surface area contributed by atoms with Crippen LogP contribution < -0.4 is 5.32 Å². The van der Waals surface area contributed by atoms with Crippen molar-refractivity contribution < 1.29 is 13.6 Å². The largest absolute Gasteiger partial charge is 0.447 e. The van der Waals surface area contributed by atoms with Gasteiger partial charge in [0, 0.05) is 12.6 Å². The van der Waals surface area contributed by atoms with Crippen LogP contribution in [0.25, 0.3) is 0 Å². The lowest BCUT2D eigenvalue weighted by Gasteiger charge is -2.28. The van der Waals surface area contributed by atoms with Crippen molar-refractivity contribution in [2.24, 2.45) is 0 Å². The molecule has 0 unspecified atom stereocenters. The number of hydrogen-bond donors (Lipinski definition) is 1. The normalized spacial score (nSPS) is 12.9. The van der Waals surface area contributed by atoms with Gasteiger partial charge >= 0.3 is 0 Å². The third-order valence-electron chi connectivity index (χ3n) is 5.87. The molecule has 1 aromatic heterocycles. The molecular formula is C28H28FN3O2. The fourth-order valence-electron chi connectivity index (χ4n) is 3.90. The van der Waals surface area contributed by atoms with E-state index in [0.29, 0.717) is 19.0 Å². The number of rotatable bonds is 9. The van der Waals surface area contributed by atoms with E-state index >= 15 is 0 Å². The number of benzene rings is 3. The van der Waals surface area contributed by atoms with Gasteiger partial charge in [-0.25, -0.2) is 9.37 Å². The van der Waals surface area contributed by atoms with E-state index < -0.39 is 0 Å². The number of oxazole rings is 1. The van der Waals surface area contributed by atoms with Gasteiger partial charge in [-0.3, -0.25) is 9.69 Å². The first-order chi connectivity index (χ1) is 16.5. The van der Waals surface area contributed by atoms with Crippen molar-refractivity contribution in [1.29, 1.82) is 0 Å². The van der Waals surface area contributed by atoms with E-state index in [0.717, 1.165) is 16.7 Å². The lowest BCUT2D eigenvalue weighted by atomic mass is 10.1. The highest BCUT2D eigenvalue weighted by Crippen LogP contribution is 2.25. The number of aromatic nitrogens is 1. The quantitative estimate of drug-likeness (QED) is 0.332. The van der Waals surface area contributed by atoms with E-state index in [-0.39, 0.29) is 29.5 Å². The lowest BCUT2D eigenvalue weighted by molar-refractivity contribution is 0.0934. The lowest BCUT2D eigenvalue weighted by Crippen LogP contribution is -2.28. The molecule has 4 aromatic rings. The Morgan fingerprint density at radius 2 is 1.62 bits per heavy atom. The van der Waals surface area contributed by atoms with E-state index in [4.69, 9.17) is 4.42 Å². The van der Waals surface area contributed by atoms with Gasteiger partial charge in [0.25, 0.3) is 5.91 Å². The van der Waals surface area contributed by atoms with Gasteiger partial charge in [-0.2, -0.15) is 0 Å². The van der Waals surface area contributed by atoms with Crippen molar-refractivity contribution in [1.82, 2.24) is 15.2 Å². The van der Waals surface area contributed by atoms with Gasteiger partial charge in [-0.1, -0.05) is 72.8 Å². The van der Waals surface area contributed by atoms with Gasteiger partial charge in [-0.05, 0) is 42.7 Å². The van der Waals surface area contributed by atoms with Crippen molar-refractivity contribution in [2.75, 3.05) is 0 Å². The van der Waals surface area contributed by atoms with Crippen LogP contribution in [0.5, 0.6) is 0 Å². The zero-order valence-corrected chi connectivity index (χ0v) is 19.3. The molecule has 2 atom stereocenters. The van der Waals surface area contributed by atoms with Crippen LogP contribution >= 0.6 is 0 Å². The fourth-order valence-corrected chi connectivity index (χ4v) is 3.90. The second kappa shape index (κ2) is 10.9. The van der Waals surface area contributed by atoms with E-state index in [1.807, 2.05) is 61.5 Å². The molecule has 1 heterocycles. The van der Waals surface area contributed by atoms with Crippen molar-refractivity contribution in [2.45, 2.75) is 39.0 Å². The average molecular weight is 458 g/mol. The minimum atomic E-state index is -0.292. The van der Waals surface area contributed by atoms with E-state index in [2.05, 4.69) is 34.3 Å². The number of nitrogens with one attached hydrogen (secondary N) is 1. The molecule has 0 aliphatic heterocycles. The van der Waals surface area contributed by atoms with Gasteiger partial charge < -0.3 is 9.73 Å². The highest BCUT2D eigenvalue weighted by Gasteiger charge is 2.21. The maximum atomic E-state index is 13.8. The van der Waals surface area contributed by atoms with E-state index in [1.54, 1.807) is 6.07 Å². The predicted molar refractivity (Wildman–Crippen MR) is 129 cm³/mol. The SMILES string of the molecule is C[C@H](c1ccccc1)N(Cc1cccc(F)c1)Cc1nc(C(=O)N[C@H](C)c2ccccc2)co1. The molecule has 6 heteroatoms. The highest BCUT2D eigenvalue weighted by atomic mass is 19.1. The Bertz CT molecular complexity index is 1210. The maximum absolute atomic E-state index is 13.8. The number of halogens is 1. The van der Waals surface area contributed by atoms with Crippen LogP contribution in [0.15, 0.2) is 95.6 Å². The molecule has 34 heavy (non-hydrogen) atoms. The summed E-state index contributed by atoms with van der Waals surface area (Å²) >= 11 is 0. The molecule has 3 aromatic carbocycles. The minimum absolute atomic E-state index is 0.0201. The third-order valence-corrected chi connectivity index (χ3v) is 5.87. The first-order valence-corrected chi connectivity index (χ1v) is 11.3. The minimum Gasteiger partial charge on any atom is -0.447 e. The van der Waals surface area contributed by atoms with Crippen LogP contribution in [0.3, 0.4) is 0 Å². The molecule has 0 radical (unpaired) electrons. The molecule has 0 aliphatic carbocycles. The first kappa shape index (κ1) is 23.4. The number of nitrogens with zero attached hydrogens (tertiary/aromatic N) is 2. The average Bonchev–Trinajstić information content (AvgIpc) is 3.33. The van der Waals surface area contributed by atoms with Crippen LogP contribution in [0.2, 0.25) is 0 Å². The Labute approximate surface area is 199 Å². The Hall–Kier alpha value is -3.77. The first-order valence-electron chi connectivity index (χ1n) is 11.3. The van der Waals surface area contributed by atoms with Gasteiger partial charge in [0.05, 0.1) is 12.6 Å². The van der Waals surface area contributed by atoms with E-state index in [9.17, 15) is 9.18 Å². The van der Waals surface area contributed by atoms with Crippen LogP contribution in [0.4, 0.5) is 4.39 Å². The summed E-state index contributed by atoms with van der Waals surface area (Å²) in [5.74, 6) is -0.136. The summed E-state index contributed by atoms with van der Waals surface area (Å²) < 4.78 is 19.5. The zero-order valence-electron chi connectivity index (χ0n) is 19.3. The summed E-state index contributed by atoms with van der Waals surface area (Å²) in [5.41, 5.74) is 3.22. The smallest absolute Gasteiger partial charge is 0.273 e. The topological polar surface area (TPSA) is 58.4 Å². The summed E-state index contributed by atoms with van der Waals surface area (Å²) in [4.78, 5) is 19.3. The molecule has 174 valence electrons. The van der Waals surface area contributed by atoms with Crippen LogP contribution in [0.1, 0.15) is 59.0 Å². The van der Waals surface area contributed by atoms with Gasteiger partial charge in [0.1, 0.15) is 12.1 Å². The second-order valence-electron chi connectivity index (χ2n) is 8.35. The summed E-state index contributed by atoms with van der Waals surface area (Å²) in [6.45, 7) is 4.89. The Balaban J connectivity index is 1.49. The number of hydrogen-bond acceptors (Lipinski definition) is 4. The van der Waals surface area contributed by atoms with Gasteiger partial charge in [-0.15, -0.1) is 0 Å². The Morgan fingerprint density at radius 1 is 0.941 bits per heavy atom. The predicted octanol–water partition coefficient (Wildman–Crippen LogP) is 6.07. The molecule has 4 rings (SSSR count). The van der Waals surface area contributed by atoms with Gasteiger partial charge in [0.15, 0.2) is 5.69 Å². The van der Waals surface area contributed by atoms with Crippen LogP contribution in [-0.4, -0.2) is 15.8 Å².